The first-order valence-electron chi connectivity index (χ1n) is 12.6. The molecule has 0 spiro atoms. The predicted molar refractivity (Wildman–Crippen MR) is 146 cm³/mol. The Bertz CT molecular complexity index is 1120. The minimum atomic E-state index is -3.52. The zero-order valence-electron chi connectivity index (χ0n) is 22.5. The lowest BCUT2D eigenvalue weighted by molar-refractivity contribution is -0.141. The van der Waals surface area contributed by atoms with E-state index in [9.17, 15) is 18.0 Å². The Hall–Kier alpha value is -2.87. The average Bonchev–Trinajstić information content (AvgIpc) is 2.82. The lowest BCUT2D eigenvalue weighted by Gasteiger charge is -2.31. The zero-order valence-corrected chi connectivity index (χ0v) is 23.3. The van der Waals surface area contributed by atoms with Gasteiger partial charge in [0.15, 0.2) is 0 Å². The van der Waals surface area contributed by atoms with E-state index in [1.54, 1.807) is 11.0 Å². The number of rotatable bonds is 13. The van der Waals surface area contributed by atoms with Crippen LogP contribution in [0.5, 0.6) is 0 Å². The van der Waals surface area contributed by atoms with Gasteiger partial charge in [-0.2, -0.15) is 0 Å². The number of nitrogens with zero attached hydrogens (tertiary/aromatic N) is 2. The van der Waals surface area contributed by atoms with Gasteiger partial charge in [-0.25, -0.2) is 8.42 Å². The van der Waals surface area contributed by atoms with Gasteiger partial charge in [0.1, 0.15) is 6.04 Å². The first-order chi connectivity index (χ1) is 16.9. The quantitative estimate of drug-likeness (QED) is 0.428. The molecule has 2 amide bonds. The summed E-state index contributed by atoms with van der Waals surface area (Å²) >= 11 is 0. The minimum absolute atomic E-state index is 0.137. The summed E-state index contributed by atoms with van der Waals surface area (Å²) in [4.78, 5) is 28.0. The number of carbonyl (C=O) groups excluding carboxylic acids is 2. The molecule has 0 aromatic heterocycles. The molecule has 0 bridgehead atoms. The Morgan fingerprint density at radius 3 is 2.22 bits per heavy atom. The zero-order chi connectivity index (χ0) is 26.9. The number of sulfonamides is 1. The van der Waals surface area contributed by atoms with Gasteiger partial charge in [-0.05, 0) is 61.4 Å². The molecular formula is C28H41N3O4S. The second kappa shape index (κ2) is 13.4. The lowest BCUT2D eigenvalue weighted by Crippen LogP contribution is -2.49. The van der Waals surface area contributed by atoms with Crippen molar-refractivity contribution in [3.8, 4) is 0 Å². The molecule has 2 aromatic rings. The van der Waals surface area contributed by atoms with E-state index in [0.717, 1.165) is 16.7 Å². The van der Waals surface area contributed by atoms with Gasteiger partial charge < -0.3 is 10.2 Å². The number of amides is 2. The van der Waals surface area contributed by atoms with Crippen LogP contribution in [-0.4, -0.2) is 50.5 Å². The predicted octanol–water partition coefficient (Wildman–Crippen LogP) is 4.43. The largest absolute Gasteiger partial charge is 0.354 e. The fourth-order valence-electron chi connectivity index (χ4n) is 4.01. The fourth-order valence-corrected chi connectivity index (χ4v) is 4.96. The first kappa shape index (κ1) is 29.4. The summed E-state index contributed by atoms with van der Waals surface area (Å²) in [5.41, 5.74) is 3.62. The van der Waals surface area contributed by atoms with E-state index < -0.39 is 16.1 Å². The number of hydrogen-bond donors (Lipinski definition) is 1. The summed E-state index contributed by atoms with van der Waals surface area (Å²) in [6.07, 6.45) is 2.14. The Labute approximate surface area is 216 Å². The fraction of sp³-hybridized carbons (Fsp3) is 0.500. The second-order valence-electron chi connectivity index (χ2n) is 9.78. The summed E-state index contributed by atoms with van der Waals surface area (Å²) < 4.78 is 26.4. The third kappa shape index (κ3) is 8.66. The molecule has 0 aliphatic rings. The van der Waals surface area contributed by atoms with Gasteiger partial charge in [-0.1, -0.05) is 57.2 Å². The molecular weight excluding hydrogens is 474 g/mol. The molecule has 0 heterocycles. The number of aryl methyl sites for hydroxylation is 2. The highest BCUT2D eigenvalue weighted by Gasteiger charge is 2.29. The van der Waals surface area contributed by atoms with Gasteiger partial charge in [0, 0.05) is 26.1 Å². The van der Waals surface area contributed by atoms with Crippen molar-refractivity contribution in [2.24, 2.45) is 5.92 Å². The van der Waals surface area contributed by atoms with Gasteiger partial charge in [0.05, 0.1) is 11.9 Å². The molecule has 0 saturated carbocycles. The monoisotopic (exact) mass is 515 g/mol. The normalized spacial score (nSPS) is 12.3. The van der Waals surface area contributed by atoms with Crippen LogP contribution < -0.4 is 9.62 Å². The van der Waals surface area contributed by atoms with Gasteiger partial charge in [-0.3, -0.25) is 13.9 Å². The van der Waals surface area contributed by atoms with Crippen molar-refractivity contribution in [1.82, 2.24) is 10.2 Å². The third-order valence-corrected chi connectivity index (χ3v) is 7.39. The van der Waals surface area contributed by atoms with Crippen LogP contribution in [0.3, 0.4) is 0 Å². The molecule has 0 aliphatic heterocycles. The molecule has 0 fully saturated rings. The summed E-state index contributed by atoms with van der Waals surface area (Å²) in [5.74, 6) is -0.0283. The van der Waals surface area contributed by atoms with Crippen LogP contribution in [0.15, 0.2) is 48.5 Å². The van der Waals surface area contributed by atoms with E-state index >= 15 is 0 Å². The topological polar surface area (TPSA) is 86.8 Å². The molecule has 0 saturated heterocycles. The molecule has 36 heavy (non-hydrogen) atoms. The highest BCUT2D eigenvalue weighted by Crippen LogP contribution is 2.22. The van der Waals surface area contributed by atoms with Crippen LogP contribution in [0.4, 0.5) is 5.69 Å². The highest BCUT2D eigenvalue weighted by atomic mass is 32.2. The summed E-state index contributed by atoms with van der Waals surface area (Å²) in [6, 6.07) is 14.5. The van der Waals surface area contributed by atoms with Crippen LogP contribution >= 0.6 is 0 Å². The number of hydrogen-bond acceptors (Lipinski definition) is 4. The van der Waals surface area contributed by atoms with Crippen LogP contribution in [-0.2, 0) is 26.2 Å². The summed E-state index contributed by atoms with van der Waals surface area (Å²) in [7, 11) is -3.52. The van der Waals surface area contributed by atoms with Crippen LogP contribution in [0.2, 0.25) is 0 Å². The number of nitrogens with one attached hydrogen (secondary N) is 1. The minimum Gasteiger partial charge on any atom is -0.354 e. The van der Waals surface area contributed by atoms with Gasteiger partial charge >= 0.3 is 0 Å². The maximum absolute atomic E-state index is 13.4. The second-order valence-corrected chi connectivity index (χ2v) is 11.7. The van der Waals surface area contributed by atoms with Crippen molar-refractivity contribution in [2.45, 2.75) is 66.5 Å². The maximum atomic E-state index is 13.4. The molecule has 1 N–H and O–H groups in total. The van der Waals surface area contributed by atoms with E-state index in [0.29, 0.717) is 37.5 Å². The third-order valence-electron chi connectivity index (χ3n) is 6.20. The molecule has 0 aliphatic carbocycles. The Morgan fingerprint density at radius 2 is 1.67 bits per heavy atom. The SMILES string of the molecule is CC[C@H](C(=O)NCC(C)C)N(Cc1ccccc1)C(=O)CCCN(c1ccc(C)c(C)c1)S(C)(=O)=O. The van der Waals surface area contributed by atoms with E-state index in [2.05, 4.69) is 5.32 Å². The molecule has 198 valence electrons. The molecule has 0 radical (unpaired) electrons. The molecule has 2 aromatic carbocycles. The smallest absolute Gasteiger partial charge is 0.242 e. The van der Waals surface area contributed by atoms with Gasteiger partial charge in [-0.15, -0.1) is 0 Å². The molecule has 0 unspecified atom stereocenters. The van der Waals surface area contributed by atoms with E-state index in [4.69, 9.17) is 0 Å². The molecule has 2 rings (SSSR count). The van der Waals surface area contributed by atoms with E-state index in [1.807, 2.05) is 77.1 Å². The molecule has 1 atom stereocenters. The standard InChI is InChI=1S/C28H41N3O4S/c1-7-26(28(33)29-19-21(2)3)30(20-24-12-9-8-10-13-24)27(32)14-11-17-31(36(6,34)35)25-16-15-22(4)23(5)18-25/h8-10,12-13,15-16,18,21,26H,7,11,14,17,19-20H2,1-6H3,(H,29,33)/t26-/m1/s1. The lowest BCUT2D eigenvalue weighted by atomic mass is 10.1. The van der Waals surface area contributed by atoms with Gasteiger partial charge in [0.2, 0.25) is 21.8 Å². The first-order valence-corrected chi connectivity index (χ1v) is 14.4. The van der Waals surface area contributed by atoms with Crippen molar-refractivity contribution in [1.29, 1.82) is 0 Å². The van der Waals surface area contributed by atoms with E-state index in [-0.39, 0.29) is 24.8 Å². The number of anilines is 1. The van der Waals surface area contributed by atoms with Crippen molar-refractivity contribution < 1.29 is 18.0 Å². The van der Waals surface area contributed by atoms with Crippen LogP contribution in [0.1, 0.15) is 56.7 Å². The summed E-state index contributed by atoms with van der Waals surface area (Å²) in [6.45, 7) is 10.9. The van der Waals surface area contributed by atoms with Crippen molar-refractivity contribution in [3.63, 3.8) is 0 Å². The van der Waals surface area contributed by atoms with Gasteiger partial charge in [0.25, 0.3) is 0 Å². The Kier molecular flexibility index (Phi) is 11.0. The number of benzene rings is 2. The summed E-state index contributed by atoms with van der Waals surface area (Å²) in [5, 5.41) is 2.96. The number of carbonyl (C=O) groups is 2. The van der Waals surface area contributed by atoms with Crippen molar-refractivity contribution in [3.05, 3.63) is 65.2 Å². The molecule has 8 heteroatoms. The maximum Gasteiger partial charge on any atom is 0.242 e. The van der Waals surface area contributed by atoms with Crippen LogP contribution in [0, 0.1) is 19.8 Å². The Balaban J connectivity index is 2.19. The highest BCUT2D eigenvalue weighted by molar-refractivity contribution is 7.92. The Morgan fingerprint density at radius 1 is 1.00 bits per heavy atom. The van der Waals surface area contributed by atoms with Crippen molar-refractivity contribution >= 4 is 27.5 Å². The average molecular weight is 516 g/mol. The van der Waals surface area contributed by atoms with Crippen LogP contribution in [0.25, 0.3) is 0 Å². The van der Waals surface area contributed by atoms with Crippen molar-refractivity contribution in [2.75, 3.05) is 23.7 Å². The molecule has 7 nitrogen and oxygen atoms in total. The van der Waals surface area contributed by atoms with E-state index in [1.165, 1.54) is 10.6 Å².